The Labute approximate surface area is 143 Å². The van der Waals surface area contributed by atoms with E-state index in [1.54, 1.807) is 0 Å². The maximum atomic E-state index is 13.4. The first-order valence-electron chi connectivity index (χ1n) is 9.29. The van der Waals surface area contributed by atoms with Crippen LogP contribution in [0.4, 0.5) is 13.2 Å². The van der Waals surface area contributed by atoms with Crippen molar-refractivity contribution in [2.24, 2.45) is 23.7 Å². The van der Waals surface area contributed by atoms with E-state index in [1.165, 1.54) is 38.5 Å². The molecule has 1 aromatic rings. The molecule has 2 aliphatic rings. The molecule has 0 aromatic heterocycles. The van der Waals surface area contributed by atoms with Gasteiger partial charge in [0, 0.05) is 0 Å². The van der Waals surface area contributed by atoms with Crippen molar-refractivity contribution in [3.05, 3.63) is 41.7 Å². The fourth-order valence-electron chi connectivity index (χ4n) is 4.67. The highest BCUT2D eigenvalue weighted by molar-refractivity contribution is 5.65. The summed E-state index contributed by atoms with van der Waals surface area (Å²) in [5, 5.41) is 0. The Morgan fingerprint density at radius 3 is 1.79 bits per heavy atom. The maximum Gasteiger partial charge on any atom is 0.194 e. The summed E-state index contributed by atoms with van der Waals surface area (Å²) in [5.74, 6) is -0.873. The molecule has 1 aromatic carbocycles. The average Bonchev–Trinajstić information content (AvgIpc) is 2.59. The van der Waals surface area contributed by atoms with Crippen molar-refractivity contribution in [1.82, 2.24) is 0 Å². The van der Waals surface area contributed by atoms with Gasteiger partial charge in [-0.1, -0.05) is 26.3 Å². The van der Waals surface area contributed by atoms with Gasteiger partial charge in [0.15, 0.2) is 17.5 Å². The molecule has 0 saturated heterocycles. The average molecular weight is 336 g/mol. The highest BCUT2D eigenvalue weighted by atomic mass is 19.2. The minimum Gasteiger partial charge on any atom is -0.204 e. The van der Waals surface area contributed by atoms with Crippen molar-refractivity contribution in [1.29, 1.82) is 0 Å². The van der Waals surface area contributed by atoms with Crippen LogP contribution in [-0.4, -0.2) is 0 Å². The fourth-order valence-corrected chi connectivity index (χ4v) is 4.67. The van der Waals surface area contributed by atoms with E-state index < -0.39 is 17.5 Å². The molecule has 132 valence electrons. The summed E-state index contributed by atoms with van der Waals surface area (Å²) in [6.45, 7) is 6.40. The molecule has 24 heavy (non-hydrogen) atoms. The predicted octanol–water partition coefficient (Wildman–Crippen LogP) is 6.75. The van der Waals surface area contributed by atoms with Gasteiger partial charge in [0.05, 0.1) is 0 Å². The lowest BCUT2D eigenvalue weighted by Gasteiger charge is -2.37. The number of allylic oxidation sites excluding steroid dienone is 1. The molecule has 0 bridgehead atoms. The monoisotopic (exact) mass is 336 g/mol. The van der Waals surface area contributed by atoms with Crippen LogP contribution in [0, 0.1) is 41.1 Å². The van der Waals surface area contributed by atoms with Gasteiger partial charge in [0.25, 0.3) is 0 Å². The Morgan fingerprint density at radius 1 is 0.833 bits per heavy atom. The van der Waals surface area contributed by atoms with Crippen LogP contribution >= 0.6 is 0 Å². The van der Waals surface area contributed by atoms with Crippen molar-refractivity contribution in [2.45, 2.75) is 58.3 Å². The number of hydrogen-bond acceptors (Lipinski definition) is 0. The number of rotatable bonds is 3. The zero-order valence-corrected chi connectivity index (χ0v) is 14.5. The van der Waals surface area contributed by atoms with E-state index in [9.17, 15) is 13.2 Å². The molecule has 0 nitrogen and oxygen atoms in total. The quantitative estimate of drug-likeness (QED) is 0.536. The summed E-state index contributed by atoms with van der Waals surface area (Å²) in [7, 11) is 0. The van der Waals surface area contributed by atoms with E-state index in [4.69, 9.17) is 0 Å². The van der Waals surface area contributed by atoms with Crippen LogP contribution in [0.15, 0.2) is 18.7 Å². The Bertz CT molecular complexity index is 568. The summed E-state index contributed by atoms with van der Waals surface area (Å²) >= 11 is 0. The Hall–Kier alpha value is -1.25. The largest absolute Gasteiger partial charge is 0.204 e. The highest BCUT2D eigenvalue weighted by Crippen LogP contribution is 2.44. The van der Waals surface area contributed by atoms with E-state index in [1.807, 2.05) is 0 Å². The van der Waals surface area contributed by atoms with Gasteiger partial charge in [-0.3, -0.25) is 0 Å². The first kappa shape index (κ1) is 17.6. The van der Waals surface area contributed by atoms with E-state index >= 15 is 0 Å². The molecular weight excluding hydrogens is 309 g/mol. The topological polar surface area (TPSA) is 0 Å². The number of benzene rings is 1. The highest BCUT2D eigenvalue weighted by Gasteiger charge is 2.31. The van der Waals surface area contributed by atoms with Gasteiger partial charge in [0.1, 0.15) is 0 Å². The first-order valence-corrected chi connectivity index (χ1v) is 9.29. The molecule has 0 atom stereocenters. The van der Waals surface area contributed by atoms with Gasteiger partial charge >= 0.3 is 0 Å². The Morgan fingerprint density at radius 2 is 1.29 bits per heavy atom. The third-order valence-corrected chi connectivity index (χ3v) is 6.35. The third-order valence-electron chi connectivity index (χ3n) is 6.35. The lowest BCUT2D eigenvalue weighted by Crippen LogP contribution is -2.25. The Kier molecular flexibility index (Phi) is 5.36. The van der Waals surface area contributed by atoms with Crippen molar-refractivity contribution in [2.75, 3.05) is 0 Å². The van der Waals surface area contributed by atoms with Crippen LogP contribution in [0.3, 0.4) is 0 Å². The van der Waals surface area contributed by atoms with Crippen LogP contribution in [0.5, 0.6) is 0 Å². The molecule has 0 aliphatic heterocycles. The number of halogens is 3. The molecule has 3 heteroatoms. The summed E-state index contributed by atoms with van der Waals surface area (Å²) in [6.07, 6.45) is 9.81. The maximum absolute atomic E-state index is 13.4. The third kappa shape index (κ3) is 3.70. The molecule has 0 N–H and O–H groups in total. The molecular formula is C21H27F3. The molecule has 0 heterocycles. The van der Waals surface area contributed by atoms with E-state index in [0.29, 0.717) is 5.56 Å². The minimum absolute atomic E-state index is 0.257. The SMILES string of the molecule is C=C(c1cc(F)c(F)c(F)c1)C1CCC(C2CCC(C)CC2)CC1. The van der Waals surface area contributed by atoms with Gasteiger partial charge in [-0.2, -0.15) is 0 Å². The van der Waals surface area contributed by atoms with Crippen molar-refractivity contribution >= 4 is 5.57 Å². The number of hydrogen-bond donors (Lipinski definition) is 0. The van der Waals surface area contributed by atoms with Crippen LogP contribution in [0.1, 0.15) is 63.9 Å². The second kappa shape index (κ2) is 7.33. The first-order chi connectivity index (χ1) is 11.5. The summed E-state index contributed by atoms with van der Waals surface area (Å²) < 4.78 is 40.0. The normalized spacial score (nSPS) is 31.0. The minimum atomic E-state index is -1.40. The van der Waals surface area contributed by atoms with Gasteiger partial charge in [-0.25, -0.2) is 13.2 Å². The van der Waals surface area contributed by atoms with Gasteiger partial charge < -0.3 is 0 Å². The lowest BCUT2D eigenvalue weighted by molar-refractivity contribution is 0.162. The van der Waals surface area contributed by atoms with E-state index in [2.05, 4.69) is 13.5 Å². The fraction of sp³-hybridized carbons (Fsp3) is 0.619. The molecule has 3 rings (SSSR count). The molecule has 2 fully saturated rings. The molecule has 0 unspecified atom stereocenters. The van der Waals surface area contributed by atoms with Crippen LogP contribution in [-0.2, 0) is 0 Å². The van der Waals surface area contributed by atoms with Crippen LogP contribution in [0.2, 0.25) is 0 Å². The molecule has 2 aliphatic carbocycles. The van der Waals surface area contributed by atoms with Crippen molar-refractivity contribution < 1.29 is 13.2 Å². The standard InChI is InChI=1S/C21H27F3/c1-13-3-5-16(6-4-13)17-9-7-15(8-10-17)14(2)18-11-19(22)21(24)20(23)12-18/h11-13,15-17H,2-10H2,1H3. The van der Waals surface area contributed by atoms with Gasteiger partial charge in [-0.05, 0) is 85.5 Å². The van der Waals surface area contributed by atoms with Crippen LogP contribution in [0.25, 0.3) is 5.57 Å². The Balaban J connectivity index is 1.59. The van der Waals surface area contributed by atoms with Gasteiger partial charge in [0.2, 0.25) is 0 Å². The van der Waals surface area contributed by atoms with Crippen molar-refractivity contribution in [3.63, 3.8) is 0 Å². The molecule has 0 spiro atoms. The van der Waals surface area contributed by atoms with E-state index in [-0.39, 0.29) is 5.92 Å². The summed E-state index contributed by atoms with van der Waals surface area (Å²) in [6, 6.07) is 2.16. The van der Waals surface area contributed by atoms with E-state index in [0.717, 1.165) is 48.3 Å². The summed E-state index contributed by atoms with van der Waals surface area (Å²) in [5.41, 5.74) is 1.16. The second-order valence-corrected chi connectivity index (χ2v) is 7.91. The zero-order valence-electron chi connectivity index (χ0n) is 14.5. The molecule has 0 amide bonds. The second-order valence-electron chi connectivity index (χ2n) is 7.91. The lowest BCUT2D eigenvalue weighted by atomic mass is 9.68. The van der Waals surface area contributed by atoms with Gasteiger partial charge in [-0.15, -0.1) is 0 Å². The summed E-state index contributed by atoms with van der Waals surface area (Å²) in [4.78, 5) is 0. The van der Waals surface area contributed by atoms with Crippen LogP contribution < -0.4 is 0 Å². The zero-order chi connectivity index (χ0) is 17.3. The predicted molar refractivity (Wildman–Crippen MR) is 91.9 cm³/mol. The molecule has 0 radical (unpaired) electrons. The molecule has 2 saturated carbocycles. The van der Waals surface area contributed by atoms with Crippen molar-refractivity contribution in [3.8, 4) is 0 Å². The smallest absolute Gasteiger partial charge is 0.194 e.